The fourth-order valence-corrected chi connectivity index (χ4v) is 3.73. The molecule has 3 N–H and O–H groups in total. The number of aromatic hydroxyl groups is 1. The summed E-state index contributed by atoms with van der Waals surface area (Å²) in [6.07, 6.45) is 5.39. The predicted octanol–water partition coefficient (Wildman–Crippen LogP) is 2.33. The molecule has 120 valence electrons. The van der Waals surface area contributed by atoms with E-state index in [0.29, 0.717) is 12.2 Å². The second kappa shape index (κ2) is 6.57. The smallest absolute Gasteiger partial charge is 0.318 e. The number of phenolic OH excluding ortho intramolecular Hbond substituents is 1. The fourth-order valence-electron chi connectivity index (χ4n) is 3.73. The number of hydrogen-bond acceptors (Lipinski definition) is 3. The zero-order valence-electron chi connectivity index (χ0n) is 12.8. The van der Waals surface area contributed by atoms with Gasteiger partial charge in [-0.05, 0) is 55.7 Å². The Hall–Kier alpha value is -1.75. The van der Waals surface area contributed by atoms with Gasteiger partial charge in [0, 0.05) is 19.2 Å². The maximum Gasteiger partial charge on any atom is 0.318 e. The summed E-state index contributed by atoms with van der Waals surface area (Å²) < 4.78 is 0. The number of rotatable bonds is 3. The Balaban J connectivity index is 1.69. The molecule has 2 aliphatic rings. The highest BCUT2D eigenvalue weighted by Crippen LogP contribution is 2.36. The minimum atomic E-state index is -0.0423. The quantitative estimate of drug-likeness (QED) is 0.802. The first-order valence-corrected chi connectivity index (χ1v) is 8.19. The second-order valence-corrected chi connectivity index (χ2v) is 6.24. The van der Waals surface area contributed by atoms with Crippen molar-refractivity contribution in [3.63, 3.8) is 0 Å². The number of benzene rings is 1. The Bertz CT molecular complexity index is 545. The molecule has 22 heavy (non-hydrogen) atoms. The van der Waals surface area contributed by atoms with Gasteiger partial charge >= 0.3 is 6.03 Å². The molecule has 1 saturated heterocycles. The molecule has 2 atom stereocenters. The predicted molar refractivity (Wildman–Crippen MR) is 83.7 cm³/mol. The summed E-state index contributed by atoms with van der Waals surface area (Å²) in [5.41, 5.74) is 1.99. The summed E-state index contributed by atoms with van der Waals surface area (Å²) >= 11 is 0. The summed E-state index contributed by atoms with van der Waals surface area (Å²) in [4.78, 5) is 14.5. The minimum Gasteiger partial charge on any atom is -0.508 e. The molecule has 0 spiro atoms. The molecule has 0 radical (unpaired) electrons. The summed E-state index contributed by atoms with van der Waals surface area (Å²) in [5, 5.41) is 22.2. The van der Waals surface area contributed by atoms with Crippen LogP contribution in [0.1, 0.15) is 49.3 Å². The number of nitrogens with zero attached hydrogens (tertiary/aromatic N) is 1. The van der Waals surface area contributed by atoms with Gasteiger partial charge in [0.15, 0.2) is 0 Å². The SMILES string of the molecule is O=C(NC1CCc2c(O)cccc21)N1CCCCC1CCO. The maximum absolute atomic E-state index is 12.6. The lowest BCUT2D eigenvalue weighted by atomic mass is 10.00. The van der Waals surface area contributed by atoms with Crippen molar-refractivity contribution >= 4 is 6.03 Å². The third-order valence-electron chi connectivity index (χ3n) is 4.89. The highest BCUT2D eigenvalue weighted by atomic mass is 16.3. The molecule has 2 amide bonds. The van der Waals surface area contributed by atoms with Gasteiger partial charge in [-0.15, -0.1) is 0 Å². The van der Waals surface area contributed by atoms with E-state index < -0.39 is 0 Å². The highest BCUT2D eigenvalue weighted by molar-refractivity contribution is 5.75. The van der Waals surface area contributed by atoms with Gasteiger partial charge < -0.3 is 20.4 Å². The van der Waals surface area contributed by atoms with Crippen LogP contribution in [0.4, 0.5) is 4.79 Å². The second-order valence-electron chi connectivity index (χ2n) is 6.24. The molecule has 3 rings (SSSR count). The molecule has 1 aromatic carbocycles. The van der Waals surface area contributed by atoms with E-state index >= 15 is 0 Å². The summed E-state index contributed by atoms with van der Waals surface area (Å²) in [7, 11) is 0. The summed E-state index contributed by atoms with van der Waals surface area (Å²) in [6.45, 7) is 0.880. The number of carbonyl (C=O) groups excluding carboxylic acids is 1. The van der Waals surface area contributed by atoms with Gasteiger partial charge in [-0.2, -0.15) is 0 Å². The largest absolute Gasteiger partial charge is 0.508 e. The van der Waals surface area contributed by atoms with Crippen LogP contribution >= 0.6 is 0 Å². The Morgan fingerprint density at radius 2 is 2.18 bits per heavy atom. The first kappa shape index (κ1) is 15.2. The van der Waals surface area contributed by atoms with Crippen LogP contribution in [-0.4, -0.2) is 40.3 Å². The van der Waals surface area contributed by atoms with Crippen LogP contribution in [0.2, 0.25) is 0 Å². The zero-order chi connectivity index (χ0) is 15.5. The Kier molecular flexibility index (Phi) is 4.52. The molecule has 5 heteroatoms. The van der Waals surface area contributed by atoms with E-state index in [2.05, 4.69) is 5.32 Å². The highest BCUT2D eigenvalue weighted by Gasteiger charge is 2.30. The van der Waals surface area contributed by atoms with E-state index in [1.54, 1.807) is 6.07 Å². The Labute approximate surface area is 130 Å². The van der Waals surface area contributed by atoms with Gasteiger partial charge in [0.1, 0.15) is 5.75 Å². The van der Waals surface area contributed by atoms with Gasteiger partial charge in [0.25, 0.3) is 0 Å². The molecular weight excluding hydrogens is 280 g/mol. The van der Waals surface area contributed by atoms with Gasteiger partial charge in [-0.3, -0.25) is 0 Å². The van der Waals surface area contributed by atoms with Crippen LogP contribution in [0.15, 0.2) is 18.2 Å². The van der Waals surface area contributed by atoms with Crippen molar-refractivity contribution in [2.24, 2.45) is 0 Å². The number of piperidine rings is 1. The molecular formula is C17H24N2O3. The first-order chi connectivity index (χ1) is 10.7. The van der Waals surface area contributed by atoms with Gasteiger partial charge in [-0.1, -0.05) is 12.1 Å². The maximum atomic E-state index is 12.6. The van der Waals surface area contributed by atoms with Crippen molar-refractivity contribution in [2.75, 3.05) is 13.2 Å². The van der Waals surface area contributed by atoms with Crippen LogP contribution in [0.25, 0.3) is 0 Å². The number of aliphatic hydroxyl groups is 1. The van der Waals surface area contributed by atoms with Gasteiger partial charge in [0.05, 0.1) is 6.04 Å². The minimum absolute atomic E-state index is 0.0219. The van der Waals surface area contributed by atoms with Crippen LogP contribution in [-0.2, 0) is 6.42 Å². The van der Waals surface area contributed by atoms with E-state index in [1.807, 2.05) is 17.0 Å². The number of hydrogen-bond donors (Lipinski definition) is 3. The van der Waals surface area contributed by atoms with Crippen LogP contribution in [0.5, 0.6) is 5.75 Å². The number of nitrogens with one attached hydrogen (secondary N) is 1. The number of aliphatic hydroxyl groups excluding tert-OH is 1. The van der Waals surface area contributed by atoms with Crippen molar-refractivity contribution in [3.8, 4) is 5.75 Å². The zero-order valence-corrected chi connectivity index (χ0v) is 12.8. The van der Waals surface area contributed by atoms with E-state index in [4.69, 9.17) is 0 Å². The molecule has 2 unspecified atom stereocenters. The van der Waals surface area contributed by atoms with Crippen LogP contribution in [0, 0.1) is 0 Å². The van der Waals surface area contributed by atoms with Crippen LogP contribution < -0.4 is 5.32 Å². The van der Waals surface area contributed by atoms with E-state index in [0.717, 1.165) is 49.8 Å². The monoisotopic (exact) mass is 304 g/mol. The normalized spacial score (nSPS) is 24.1. The summed E-state index contributed by atoms with van der Waals surface area (Å²) in [5.74, 6) is 0.324. The van der Waals surface area contributed by atoms with Crippen molar-refractivity contribution in [1.29, 1.82) is 0 Å². The van der Waals surface area contributed by atoms with E-state index in [9.17, 15) is 15.0 Å². The van der Waals surface area contributed by atoms with Crippen molar-refractivity contribution in [2.45, 2.75) is 50.6 Å². The topological polar surface area (TPSA) is 72.8 Å². The molecule has 0 aromatic heterocycles. The molecule has 1 fully saturated rings. The molecule has 0 bridgehead atoms. The molecule has 1 heterocycles. The lowest BCUT2D eigenvalue weighted by molar-refractivity contribution is 0.129. The van der Waals surface area contributed by atoms with E-state index in [-0.39, 0.29) is 24.7 Å². The lowest BCUT2D eigenvalue weighted by Gasteiger charge is -2.36. The molecule has 1 aliphatic heterocycles. The van der Waals surface area contributed by atoms with Gasteiger partial charge in [0.2, 0.25) is 0 Å². The molecule has 5 nitrogen and oxygen atoms in total. The first-order valence-electron chi connectivity index (χ1n) is 8.19. The number of fused-ring (bicyclic) bond motifs is 1. The number of phenols is 1. The number of urea groups is 1. The average molecular weight is 304 g/mol. The van der Waals surface area contributed by atoms with Crippen LogP contribution in [0.3, 0.4) is 0 Å². The Morgan fingerprint density at radius 3 is 3.00 bits per heavy atom. The summed E-state index contributed by atoms with van der Waals surface area (Å²) in [6, 6.07) is 5.59. The number of amides is 2. The molecule has 1 aromatic rings. The third kappa shape index (κ3) is 2.90. The number of carbonyl (C=O) groups is 1. The fraction of sp³-hybridized carbons (Fsp3) is 0.588. The standard InChI is InChI=1S/C17H24N2O3/c20-11-9-12-4-1-2-10-19(12)17(22)18-15-8-7-14-13(15)5-3-6-16(14)21/h3,5-6,12,15,20-21H,1-2,4,7-11H2,(H,18,22). The van der Waals surface area contributed by atoms with E-state index in [1.165, 1.54) is 0 Å². The van der Waals surface area contributed by atoms with Crippen molar-refractivity contribution in [1.82, 2.24) is 10.2 Å². The third-order valence-corrected chi connectivity index (χ3v) is 4.89. The van der Waals surface area contributed by atoms with Crippen molar-refractivity contribution in [3.05, 3.63) is 29.3 Å². The van der Waals surface area contributed by atoms with Crippen molar-refractivity contribution < 1.29 is 15.0 Å². The average Bonchev–Trinajstić information content (AvgIpc) is 2.93. The number of likely N-dealkylation sites (tertiary alicyclic amines) is 1. The Morgan fingerprint density at radius 1 is 1.32 bits per heavy atom. The molecule has 0 saturated carbocycles. The van der Waals surface area contributed by atoms with Gasteiger partial charge in [-0.25, -0.2) is 4.79 Å². The molecule has 1 aliphatic carbocycles. The lowest BCUT2D eigenvalue weighted by Crippen LogP contribution is -2.49.